The van der Waals surface area contributed by atoms with Gasteiger partial charge < -0.3 is 14.7 Å². The van der Waals surface area contributed by atoms with Crippen LogP contribution in [0.25, 0.3) is 0 Å². The van der Waals surface area contributed by atoms with Gasteiger partial charge in [0.1, 0.15) is 11.5 Å². The summed E-state index contributed by atoms with van der Waals surface area (Å²) in [6.07, 6.45) is 3.82. The van der Waals surface area contributed by atoms with Gasteiger partial charge in [0.2, 0.25) is 0 Å². The van der Waals surface area contributed by atoms with E-state index in [1.54, 1.807) is 19.4 Å². The van der Waals surface area contributed by atoms with Crippen molar-refractivity contribution in [3.8, 4) is 11.5 Å². The molecule has 1 aromatic carbocycles. The normalized spacial score (nSPS) is 30.9. The molecule has 0 spiro atoms. The van der Waals surface area contributed by atoms with Gasteiger partial charge in [0, 0.05) is 24.7 Å². The van der Waals surface area contributed by atoms with E-state index in [0.717, 1.165) is 31.7 Å². The Morgan fingerprint density at radius 2 is 2.00 bits per heavy atom. The summed E-state index contributed by atoms with van der Waals surface area (Å²) in [6.45, 7) is 2.84. The first-order valence-electron chi connectivity index (χ1n) is 10.0. The molecule has 146 valence electrons. The summed E-state index contributed by atoms with van der Waals surface area (Å²) >= 11 is 0. The molecule has 4 fully saturated rings. The standard InChI is InChI=1S/C22H25N3O3/c1-28-16-5-2-4-15(12-16)17-13-25(22(27)19-18(26)6-3-9-23-19)20-14-7-10-24(11-8-14)21(17)20/h2-6,9,12,14,17,20-21,26H,7-8,10-11,13H2,1H3/t17-,20-,21-/m0/s1. The first kappa shape index (κ1) is 17.5. The van der Waals surface area contributed by atoms with Crippen LogP contribution < -0.4 is 4.74 Å². The lowest BCUT2D eigenvalue weighted by Gasteiger charge is -2.51. The zero-order valence-corrected chi connectivity index (χ0v) is 16.0. The van der Waals surface area contributed by atoms with E-state index in [1.165, 1.54) is 11.6 Å². The van der Waals surface area contributed by atoms with Gasteiger partial charge >= 0.3 is 0 Å². The highest BCUT2D eigenvalue weighted by molar-refractivity contribution is 5.95. The van der Waals surface area contributed by atoms with E-state index < -0.39 is 0 Å². The van der Waals surface area contributed by atoms with Crippen molar-refractivity contribution in [1.29, 1.82) is 0 Å². The lowest BCUT2D eigenvalue weighted by atomic mass is 9.75. The maximum Gasteiger partial charge on any atom is 0.276 e. The molecule has 1 N–H and O–H groups in total. The van der Waals surface area contributed by atoms with Gasteiger partial charge in [0.05, 0.1) is 13.2 Å². The van der Waals surface area contributed by atoms with Crippen LogP contribution in [-0.2, 0) is 0 Å². The van der Waals surface area contributed by atoms with E-state index >= 15 is 0 Å². The molecular weight excluding hydrogens is 354 g/mol. The second kappa shape index (κ2) is 6.78. The topological polar surface area (TPSA) is 65.9 Å². The van der Waals surface area contributed by atoms with Gasteiger partial charge in [-0.15, -0.1) is 0 Å². The Bertz CT molecular complexity index is 894. The number of ether oxygens (including phenoxy) is 1. The molecule has 0 aliphatic carbocycles. The molecular formula is C22H25N3O3. The minimum absolute atomic E-state index is 0.0462. The first-order valence-corrected chi connectivity index (χ1v) is 10.0. The minimum atomic E-state index is -0.160. The summed E-state index contributed by atoms with van der Waals surface area (Å²) in [5.41, 5.74) is 1.37. The van der Waals surface area contributed by atoms with Crippen molar-refractivity contribution in [1.82, 2.24) is 14.8 Å². The van der Waals surface area contributed by atoms with Crippen LogP contribution in [0.1, 0.15) is 34.8 Å². The van der Waals surface area contributed by atoms with Crippen molar-refractivity contribution in [2.45, 2.75) is 30.8 Å². The number of hydrogen-bond acceptors (Lipinski definition) is 5. The lowest BCUT2D eigenvalue weighted by molar-refractivity contribution is -0.00367. The number of benzene rings is 1. The molecule has 4 aliphatic rings. The molecule has 6 rings (SSSR count). The molecule has 3 atom stereocenters. The Morgan fingerprint density at radius 1 is 1.18 bits per heavy atom. The van der Waals surface area contributed by atoms with E-state index in [9.17, 15) is 9.90 Å². The third-order valence-electron chi connectivity index (χ3n) is 6.77. The number of aromatic hydroxyl groups is 1. The van der Waals surface area contributed by atoms with E-state index in [4.69, 9.17) is 4.74 Å². The number of aromatic nitrogens is 1. The fourth-order valence-corrected chi connectivity index (χ4v) is 5.52. The molecule has 0 saturated carbocycles. The first-order chi connectivity index (χ1) is 13.7. The molecule has 6 nitrogen and oxygen atoms in total. The summed E-state index contributed by atoms with van der Waals surface area (Å²) in [4.78, 5) is 22.1. The zero-order chi connectivity index (χ0) is 19.3. The van der Waals surface area contributed by atoms with Crippen molar-refractivity contribution >= 4 is 5.91 Å². The number of nitrogens with zero attached hydrogens (tertiary/aromatic N) is 3. The van der Waals surface area contributed by atoms with Gasteiger partial charge in [-0.05, 0) is 61.7 Å². The SMILES string of the molecule is COc1cccc([C@@H]2CN(C(=O)c3ncccc3O)[C@H]3C4CCN(CC4)[C@@H]23)c1. The van der Waals surface area contributed by atoms with Gasteiger partial charge in [0.15, 0.2) is 5.69 Å². The highest BCUT2D eigenvalue weighted by Crippen LogP contribution is 2.47. The fourth-order valence-electron chi connectivity index (χ4n) is 5.52. The van der Waals surface area contributed by atoms with E-state index in [0.29, 0.717) is 18.5 Å². The van der Waals surface area contributed by atoms with Gasteiger partial charge in [-0.2, -0.15) is 0 Å². The Morgan fingerprint density at radius 3 is 2.75 bits per heavy atom. The van der Waals surface area contributed by atoms with Gasteiger partial charge in [-0.25, -0.2) is 4.98 Å². The minimum Gasteiger partial charge on any atom is -0.505 e. The van der Waals surface area contributed by atoms with Crippen molar-refractivity contribution < 1.29 is 14.6 Å². The number of amides is 1. The second-order valence-electron chi connectivity index (χ2n) is 8.07. The second-order valence-corrected chi connectivity index (χ2v) is 8.07. The molecule has 2 aromatic rings. The molecule has 28 heavy (non-hydrogen) atoms. The number of fused-ring (bicyclic) bond motifs is 2. The third kappa shape index (κ3) is 2.66. The number of piperidine rings is 3. The molecule has 4 aliphatic heterocycles. The van der Waals surface area contributed by atoms with Crippen LogP contribution in [0.2, 0.25) is 0 Å². The number of hydrogen-bond donors (Lipinski definition) is 1. The average Bonchev–Trinajstić information content (AvgIpc) is 3.17. The molecule has 0 unspecified atom stereocenters. The molecule has 6 heteroatoms. The number of carbonyl (C=O) groups excluding carboxylic acids is 1. The van der Waals surface area contributed by atoms with Crippen molar-refractivity contribution in [2.75, 3.05) is 26.7 Å². The van der Waals surface area contributed by atoms with E-state index in [-0.39, 0.29) is 29.3 Å². The predicted molar refractivity (Wildman–Crippen MR) is 105 cm³/mol. The molecule has 4 saturated heterocycles. The number of methoxy groups -OCH3 is 1. The van der Waals surface area contributed by atoms with Gasteiger partial charge in [-0.3, -0.25) is 9.69 Å². The molecule has 1 amide bonds. The van der Waals surface area contributed by atoms with Crippen molar-refractivity contribution in [3.63, 3.8) is 0 Å². The maximum atomic E-state index is 13.4. The smallest absolute Gasteiger partial charge is 0.276 e. The Hall–Kier alpha value is -2.60. The Balaban J connectivity index is 1.54. The van der Waals surface area contributed by atoms with E-state index in [2.05, 4.69) is 22.0 Å². The highest BCUT2D eigenvalue weighted by atomic mass is 16.5. The van der Waals surface area contributed by atoms with Crippen LogP contribution in [0, 0.1) is 5.92 Å². The lowest BCUT2D eigenvalue weighted by Crippen LogP contribution is -2.60. The maximum absolute atomic E-state index is 13.4. The van der Waals surface area contributed by atoms with Crippen molar-refractivity contribution in [3.05, 3.63) is 53.9 Å². The quantitative estimate of drug-likeness (QED) is 0.888. The molecule has 0 radical (unpaired) electrons. The summed E-state index contributed by atoms with van der Waals surface area (Å²) in [7, 11) is 1.68. The number of rotatable bonds is 3. The summed E-state index contributed by atoms with van der Waals surface area (Å²) in [6, 6.07) is 11.9. The van der Waals surface area contributed by atoms with Crippen LogP contribution in [0.4, 0.5) is 0 Å². The average molecular weight is 379 g/mol. The largest absolute Gasteiger partial charge is 0.505 e. The number of pyridine rings is 1. The molecule has 2 bridgehead atoms. The van der Waals surface area contributed by atoms with Crippen LogP contribution >= 0.6 is 0 Å². The summed E-state index contributed by atoms with van der Waals surface area (Å²) in [5, 5.41) is 10.2. The van der Waals surface area contributed by atoms with Crippen LogP contribution in [0.5, 0.6) is 11.5 Å². The predicted octanol–water partition coefficient (Wildman–Crippen LogP) is 2.50. The Kier molecular flexibility index (Phi) is 4.23. The highest BCUT2D eigenvalue weighted by Gasteiger charge is 2.55. The molecule has 1 aromatic heterocycles. The van der Waals surface area contributed by atoms with Crippen LogP contribution in [0.3, 0.4) is 0 Å². The van der Waals surface area contributed by atoms with Crippen molar-refractivity contribution in [2.24, 2.45) is 5.92 Å². The zero-order valence-electron chi connectivity index (χ0n) is 16.0. The molecule has 5 heterocycles. The Labute approximate surface area is 164 Å². The monoisotopic (exact) mass is 379 g/mol. The van der Waals surface area contributed by atoms with Crippen LogP contribution in [-0.4, -0.2) is 64.6 Å². The number of carbonyl (C=O) groups is 1. The van der Waals surface area contributed by atoms with Crippen LogP contribution in [0.15, 0.2) is 42.6 Å². The third-order valence-corrected chi connectivity index (χ3v) is 6.77. The number of likely N-dealkylation sites (tertiary alicyclic amines) is 1. The van der Waals surface area contributed by atoms with E-state index in [1.807, 2.05) is 17.0 Å². The van der Waals surface area contributed by atoms with Gasteiger partial charge in [-0.1, -0.05) is 12.1 Å². The van der Waals surface area contributed by atoms with Gasteiger partial charge in [0.25, 0.3) is 5.91 Å². The fraction of sp³-hybridized carbons (Fsp3) is 0.455. The summed E-state index contributed by atoms with van der Waals surface area (Å²) < 4.78 is 5.43. The summed E-state index contributed by atoms with van der Waals surface area (Å²) in [5.74, 6) is 1.39.